The molecule has 2 heterocycles. The van der Waals surface area contributed by atoms with Gasteiger partial charge in [0.2, 0.25) is 0 Å². The van der Waals surface area contributed by atoms with Crippen LogP contribution in [0.3, 0.4) is 0 Å². The Morgan fingerprint density at radius 2 is 1.68 bits per heavy atom. The first-order valence-electron chi connectivity index (χ1n) is 18.3. The van der Waals surface area contributed by atoms with Crippen LogP contribution in [-0.2, 0) is 36.9 Å². The van der Waals surface area contributed by atoms with Gasteiger partial charge in [-0.3, -0.25) is 4.72 Å². The number of rotatable bonds is 14. The molecule has 0 amide bonds. The number of carbonyl (C=O) groups is 1. The number of halogens is 3. The zero-order valence-corrected chi connectivity index (χ0v) is 33.7. The van der Waals surface area contributed by atoms with Crippen molar-refractivity contribution in [2.24, 2.45) is 22.7 Å². The Bertz CT molecular complexity index is 2120. The van der Waals surface area contributed by atoms with Crippen LogP contribution in [0.2, 0.25) is 0 Å². The highest BCUT2D eigenvalue weighted by Gasteiger charge is 2.66. The van der Waals surface area contributed by atoms with Crippen molar-refractivity contribution >= 4 is 21.7 Å². The molecule has 1 unspecified atom stereocenters. The zero-order valence-electron chi connectivity index (χ0n) is 32.9. The molecule has 3 aromatic rings. The van der Waals surface area contributed by atoms with Crippen LogP contribution in [0.1, 0.15) is 382 Å². The highest BCUT2D eigenvalue weighted by Crippen LogP contribution is 2.61. The summed E-state index contributed by atoms with van der Waals surface area (Å²) in [7, 11) is -2.75. The fourth-order valence-corrected chi connectivity index (χ4v) is 9.83. The van der Waals surface area contributed by atoms with Crippen LogP contribution in [0, 0.1) is 36.5 Å². The molecular formula is C42H439F3N2O5S. The summed E-state index contributed by atoms with van der Waals surface area (Å²) in [6.07, 6.45) is -1.10. The second-order valence-electron chi connectivity index (χ2n) is 15.8. The third-order valence-electron chi connectivity index (χ3n) is 11.4. The summed E-state index contributed by atoms with van der Waals surface area (Å²) in [6, 6.07) is 14.7. The third-order valence-corrected chi connectivity index (χ3v) is 12.7. The molecule has 0 saturated heterocycles. The van der Waals surface area contributed by atoms with Gasteiger partial charge in [0.1, 0.15) is 11.4 Å². The highest BCUT2D eigenvalue weighted by molar-refractivity contribution is 7.92. The van der Waals surface area contributed by atoms with E-state index in [9.17, 15) is 26.4 Å². The Hall–Kier alpha value is -3.86. The van der Waals surface area contributed by atoms with Crippen molar-refractivity contribution in [1.82, 2.24) is 4.98 Å². The molecule has 0 aliphatic carbocycles. The molecule has 4 rings (SSSR count). The average molecular weight is 1140 g/mol. The van der Waals surface area contributed by atoms with Crippen molar-refractivity contribution in [2.75, 3.05) is 11.8 Å². The summed E-state index contributed by atoms with van der Waals surface area (Å²) in [6.45, 7) is 21.1. The molecule has 2 aromatic carbocycles. The molecule has 0 radical (unpaired) electrons. The normalized spacial score (nSPS) is 19.7. The Kier molecular flexibility index (Phi) is 12.2. The van der Waals surface area contributed by atoms with Crippen LogP contribution in [0.15, 0.2) is 77.2 Å². The third kappa shape index (κ3) is 8.01. The summed E-state index contributed by atoms with van der Waals surface area (Å²) in [4.78, 5) is 18.4. The predicted octanol–water partition coefficient (Wildman–Crippen LogP) is 57.8. The van der Waals surface area contributed by atoms with Gasteiger partial charge in [-0.2, -0.15) is 21.6 Å². The SMILES string of the molecule is CCCC(C)[C@]1(C(C)(C)Cc2ccc(C)c(C)c2)OC(=O)C([C@@H](c2cccc(NS(=O)(=O)c3ccc(C(F)(F)F)cn3)c2)[C@H](C)CC)=C(OC)C1(C)C.[HH].[HH].[HH].[HH].[HH].[HH].[HH].[HH].[HH].[HH].[HH].[HH].[HH].[HH].[HH].[HH].[HH].[HH].[HH].[HH].[HH].[HH].[HH].[HH].[HH].[HH].[HH].[HH].[HH].[HH].[HH].[HH].[HH].[HH].[HH].[HH].[HH].[HH].[HH].[HH].[HH].[HH].[HH].[HH].[HH].[HH].[HH].[HH].[HH].[HH].[HH].[HH].[HH].[HH].[HH].[HH].[HH].[HH].[HH].[HH].[HH].[HH].[HH].[HH].[HH].[HH].[HH].[HH].[HH].[HH].[HH].[HH].[HH].[HH].[HH].[HH].[HH].[HH].[HH].[HH].[HH].[HH].[HH].[HH].[HH].[HH].[HH].[HH].[HH].[HH].[HH].[HH].[HH].[HH].[HH].[HH].[HH].[HH].[HH].[HH].[HH].[HH].[HH].[HH].[HH].[HH].[HH].[HH].[HH].[HH].[HH].[HH].[HH].[HH].[HH].[HH].[HH].[HH].[HH].[HH].[HH].[HH].[HH].[HH].[HH].[HH].[HH].[HH].[HH].[HH].[HH].[HH].[HH].[HH].[HH].[HH].[HH].[HH].[HH].[HH].[HH].[HH].[HH].[HH].[HH].[HH].[HH].[HH].[HH].[HH].[HH].[HH].[HH].[HH].[HH].[HH].[HH].[HH].[HH].[HH].[HH].[HH].[HH].[HH].[HH].[HH].[HH].[HH].[HH].[HH].[HH].[HH].[HH].[HH].[HH].[HH].[HH].[HH].[HH].[HH].[HH].[HH].[HH].[HH].[HH].[HH].[HH].[HH].[HH].[HH].[HH].[HH]. The predicted molar refractivity (Wildman–Crippen MR) is 609 cm³/mol. The molecule has 0 saturated carbocycles. The number of alkyl halides is 3. The number of nitrogens with one attached hydrogen (secondary N) is 1. The smallest absolute Gasteiger partial charge is 0.417 e. The number of sulfonamides is 1. The van der Waals surface area contributed by atoms with E-state index in [1.165, 1.54) is 11.1 Å². The maximum atomic E-state index is 14.8. The van der Waals surface area contributed by atoms with E-state index in [2.05, 4.69) is 83.3 Å². The van der Waals surface area contributed by atoms with Crippen LogP contribution in [-0.4, -0.2) is 32.1 Å². The van der Waals surface area contributed by atoms with Gasteiger partial charge in [0.25, 0.3) is 10.0 Å². The fraction of sp³-hybridized carbons (Fsp3) is 0.524. The minimum Gasteiger partial charge on any atom is -0.500 e. The largest absolute Gasteiger partial charge is 0.500 e. The zero-order chi connectivity index (χ0) is 39.7. The van der Waals surface area contributed by atoms with Gasteiger partial charge in [0.15, 0.2) is 5.03 Å². The molecule has 1 aromatic heterocycles. The number of nitrogens with zero attached hydrogens (tertiary/aromatic N) is 1. The average Bonchev–Trinajstić information content (AvgIpc) is 3.07. The highest BCUT2D eigenvalue weighted by atomic mass is 32.2. The van der Waals surface area contributed by atoms with E-state index < -0.39 is 55.1 Å². The monoisotopic (exact) mass is 1140 g/mol. The van der Waals surface area contributed by atoms with Crippen LogP contribution >= 0.6 is 0 Å². The Balaban J connectivity index is -0.000000000873. The first-order valence-corrected chi connectivity index (χ1v) is 19.8. The topological polar surface area (TPSA) is 94.6 Å². The number of pyridine rings is 1. The summed E-state index contributed by atoms with van der Waals surface area (Å²) in [5, 5.41) is -0.558. The van der Waals surface area contributed by atoms with Gasteiger partial charge in [0, 0.05) is 297 Å². The maximum Gasteiger partial charge on any atom is 0.417 e. The van der Waals surface area contributed by atoms with Crippen molar-refractivity contribution in [3.05, 3.63) is 99.9 Å². The van der Waals surface area contributed by atoms with E-state index in [1.807, 2.05) is 19.9 Å². The Morgan fingerprint density at radius 1 is 1.00 bits per heavy atom. The number of aromatic nitrogens is 1. The van der Waals surface area contributed by atoms with Crippen LogP contribution in [0.5, 0.6) is 0 Å². The van der Waals surface area contributed by atoms with Crippen LogP contribution in [0.25, 0.3) is 0 Å². The first kappa shape index (κ1) is 41.9. The molecular weight excluding hydrogens is 702 g/mol. The van der Waals surface area contributed by atoms with E-state index in [4.69, 9.17) is 9.47 Å². The lowest BCUT2D eigenvalue weighted by atomic mass is 9.51. The van der Waals surface area contributed by atoms with Crippen molar-refractivity contribution in [2.45, 2.75) is 118 Å². The van der Waals surface area contributed by atoms with Gasteiger partial charge < -0.3 is 9.47 Å². The second-order valence-corrected chi connectivity index (χ2v) is 17.5. The molecule has 0 fully saturated rings. The van der Waals surface area contributed by atoms with Crippen molar-refractivity contribution in [1.29, 1.82) is 0 Å². The molecule has 53 heavy (non-hydrogen) atoms. The standard InChI is InChI=1S/C42H55F3N2O5S.192H2/c1-12-15-29(6)41(39(7,8)24-30-19-18-27(4)28(5)22-30)40(9,10)37(51-11)36(38(48)52-41)35(26(3)13-2)31-16-14-17-33(23-31)47-53(49,50)34-21-20-32(25-46-34)42(43,44)45;;;;;;;;;;;;;;;;;;;;;;;;;;;;;;;;;;;;;;;;;;;;;;;;;;;;;;;;;;;;;;;;;;;;;;;;;;;;;;;;;;;;;;;;;;;;;;;;;;;;;;;;;;;;;;;;;;;;;;;;;;;;;;;;;;;;;;;;;;;;;;;;;;;;;;;;;;;;;;;;;;;;;;;;;;;;;;;;;;;;;;;;;;;;;;;;/h14,16-23,25-26,29,35,47H,12-13,15,24H2,1-11H3;192*1H/t26-,29?,35-,41-;;;;;;;;;;;;;;;;;;;;;;;;;;;;;;;;;;;;;;;;;;;;;;;;;;;;;;;;;;;;;;;;;;;;;;;;;;;;;;;;;;;;;;;;;;;;;;;;;;;;;;;;;;;;;;;;;;;;;;;;;;;;;;;;;;;;;;;;;;;;;;;;;;;;;;;;;;;;;;;;;;;;;;;;;;;;;;;;;;;;;;;;;;;;;;;;/m1................................................................................................................................................................................................/s1. The van der Waals surface area contributed by atoms with Gasteiger partial charge in [-0.05, 0) is 98.9 Å². The van der Waals surface area contributed by atoms with E-state index in [-0.39, 0.29) is 291 Å². The lowest BCUT2D eigenvalue weighted by Crippen LogP contribution is -2.66. The number of hydrogen-bond acceptors (Lipinski definition) is 6. The number of esters is 1. The van der Waals surface area contributed by atoms with Gasteiger partial charge >= 0.3 is 12.1 Å². The number of hydrogen-bond donors (Lipinski definition) is 1. The first-order chi connectivity index (χ1) is 24.6. The quantitative estimate of drug-likeness (QED) is 0.162. The number of carbonyl (C=O) groups excluding carboxylic acids is 1. The van der Waals surface area contributed by atoms with Gasteiger partial charge in [-0.15, -0.1) is 0 Å². The molecule has 4 atom stereocenters. The second kappa shape index (κ2) is 15.5. The molecule has 0 spiro atoms. The lowest BCUT2D eigenvalue weighted by Gasteiger charge is -2.60. The Morgan fingerprint density at radius 3 is 2.23 bits per heavy atom. The number of cyclic esters (lactones) is 1. The molecule has 11 heteroatoms. The molecule has 1 aliphatic rings. The number of methoxy groups -OCH3 is 1. The number of ether oxygens (including phenoxy) is 2. The molecule has 7 nitrogen and oxygen atoms in total. The van der Waals surface area contributed by atoms with Crippen LogP contribution in [0.4, 0.5) is 18.9 Å². The van der Waals surface area contributed by atoms with Gasteiger partial charge in [-0.25, -0.2) is 9.78 Å². The van der Waals surface area contributed by atoms with E-state index in [0.29, 0.717) is 42.0 Å². The van der Waals surface area contributed by atoms with E-state index >= 15 is 0 Å². The minimum absolute atomic E-state index is 0. The minimum atomic E-state index is -4.66. The summed E-state index contributed by atoms with van der Waals surface area (Å²) in [5.41, 5.74) is 1.39. The number of benzene rings is 2. The van der Waals surface area contributed by atoms with Crippen molar-refractivity contribution in [3.63, 3.8) is 0 Å². The molecule has 0 bridgehead atoms. The Labute approximate surface area is 598 Å². The number of aryl methyl sites for hydroxylation is 2. The molecule has 1 aliphatic heterocycles. The maximum absolute atomic E-state index is 14.8. The van der Waals surface area contributed by atoms with Gasteiger partial charge in [0.05, 0.1) is 23.7 Å². The van der Waals surface area contributed by atoms with Crippen molar-refractivity contribution in [3.8, 4) is 0 Å². The summed E-state index contributed by atoms with van der Waals surface area (Å²) < 4.78 is 81.6. The fourth-order valence-electron chi connectivity index (χ4n) is 8.84. The summed E-state index contributed by atoms with van der Waals surface area (Å²) in [5.74, 6) is -0.625. The van der Waals surface area contributed by atoms with Crippen LogP contribution < -0.4 is 4.72 Å². The van der Waals surface area contributed by atoms with Crippen molar-refractivity contribution < 1.29 is 310 Å². The number of anilines is 1. The molecule has 1 N–H and O–H groups in total. The van der Waals surface area contributed by atoms with E-state index in [0.717, 1.165) is 24.5 Å². The lowest BCUT2D eigenvalue weighted by molar-refractivity contribution is -0.226. The summed E-state index contributed by atoms with van der Waals surface area (Å²) >= 11 is 0. The van der Waals surface area contributed by atoms with Gasteiger partial charge in [-0.1, -0.05) is 84.7 Å². The van der Waals surface area contributed by atoms with E-state index in [1.54, 1.807) is 25.3 Å². The molecule has 674 valence electrons.